The molecule has 0 aliphatic heterocycles. The molecule has 2 rings (SSSR count). The quantitative estimate of drug-likeness (QED) is 0.786. The fraction of sp³-hybridized carbons (Fsp3) is 0.333. The molecule has 0 fully saturated rings. The second kappa shape index (κ2) is 7.97. The summed E-state index contributed by atoms with van der Waals surface area (Å²) in [5.74, 6) is -0.220. The van der Waals surface area contributed by atoms with E-state index in [1.807, 2.05) is 63.2 Å². The zero-order valence-corrected chi connectivity index (χ0v) is 15.2. The number of aliphatic imine (C=N–C) groups is 1. The molecular weight excluding hydrogens is 312 g/mol. The third-order valence-electron chi connectivity index (χ3n) is 4.38. The molecule has 0 saturated heterocycles. The standard InChI is InChI=1S/C21H26N2O2/c1-13(2)19(21(22)25)23-12-17-10-14(3)11-18(20(17)24)15(4)16-8-6-5-7-9-16/h5-13,15,19,24H,1-4H3,(H2,22,25)/t15-,19-/m0/s1. The number of carbonyl (C=O) groups is 1. The van der Waals surface area contributed by atoms with Crippen molar-refractivity contribution in [3.8, 4) is 5.75 Å². The molecule has 0 aliphatic rings. The van der Waals surface area contributed by atoms with Crippen LogP contribution in [0.25, 0.3) is 0 Å². The molecule has 0 heterocycles. The molecule has 0 radical (unpaired) electrons. The molecule has 2 aromatic rings. The van der Waals surface area contributed by atoms with Gasteiger partial charge in [0.25, 0.3) is 0 Å². The smallest absolute Gasteiger partial charge is 0.242 e. The molecule has 3 N–H and O–H groups in total. The highest BCUT2D eigenvalue weighted by atomic mass is 16.3. The summed E-state index contributed by atoms with van der Waals surface area (Å²) in [5.41, 5.74) is 9.00. The van der Waals surface area contributed by atoms with Crippen molar-refractivity contribution in [3.05, 3.63) is 64.7 Å². The van der Waals surface area contributed by atoms with E-state index in [0.29, 0.717) is 5.56 Å². The van der Waals surface area contributed by atoms with Gasteiger partial charge in [-0.1, -0.05) is 57.2 Å². The summed E-state index contributed by atoms with van der Waals surface area (Å²) >= 11 is 0. The maximum absolute atomic E-state index is 11.5. The van der Waals surface area contributed by atoms with Crippen molar-refractivity contribution in [3.63, 3.8) is 0 Å². The number of aryl methyl sites for hydroxylation is 1. The number of amides is 1. The highest BCUT2D eigenvalue weighted by molar-refractivity contribution is 5.88. The highest BCUT2D eigenvalue weighted by Crippen LogP contribution is 2.34. The van der Waals surface area contributed by atoms with Crippen molar-refractivity contribution in [2.75, 3.05) is 0 Å². The molecule has 0 bridgehead atoms. The third-order valence-corrected chi connectivity index (χ3v) is 4.38. The Morgan fingerprint density at radius 1 is 1.16 bits per heavy atom. The zero-order chi connectivity index (χ0) is 18.6. The minimum Gasteiger partial charge on any atom is -0.507 e. The van der Waals surface area contributed by atoms with E-state index in [-0.39, 0.29) is 17.6 Å². The number of hydrogen-bond donors (Lipinski definition) is 2. The molecule has 0 unspecified atom stereocenters. The molecular formula is C21H26N2O2. The topological polar surface area (TPSA) is 75.7 Å². The fourth-order valence-electron chi connectivity index (χ4n) is 2.92. The van der Waals surface area contributed by atoms with Gasteiger partial charge in [-0.3, -0.25) is 9.79 Å². The monoisotopic (exact) mass is 338 g/mol. The van der Waals surface area contributed by atoms with Crippen LogP contribution in [-0.2, 0) is 4.79 Å². The lowest BCUT2D eigenvalue weighted by atomic mass is 9.90. The van der Waals surface area contributed by atoms with Crippen LogP contribution < -0.4 is 5.73 Å². The summed E-state index contributed by atoms with van der Waals surface area (Å²) < 4.78 is 0. The molecule has 4 heteroatoms. The molecule has 25 heavy (non-hydrogen) atoms. The van der Waals surface area contributed by atoms with Gasteiger partial charge < -0.3 is 10.8 Å². The first-order chi connectivity index (χ1) is 11.8. The minimum atomic E-state index is -0.602. The average molecular weight is 338 g/mol. The largest absolute Gasteiger partial charge is 0.507 e. The summed E-state index contributed by atoms with van der Waals surface area (Å²) in [7, 11) is 0. The Bertz CT molecular complexity index is 767. The first-order valence-corrected chi connectivity index (χ1v) is 8.52. The lowest BCUT2D eigenvalue weighted by molar-refractivity contribution is -0.119. The van der Waals surface area contributed by atoms with E-state index in [4.69, 9.17) is 5.73 Å². The van der Waals surface area contributed by atoms with Crippen LogP contribution in [0.3, 0.4) is 0 Å². The molecule has 0 saturated carbocycles. The molecule has 0 aromatic heterocycles. The van der Waals surface area contributed by atoms with Crippen molar-refractivity contribution in [1.82, 2.24) is 0 Å². The van der Waals surface area contributed by atoms with Crippen molar-refractivity contribution < 1.29 is 9.90 Å². The molecule has 0 spiro atoms. The Morgan fingerprint density at radius 2 is 1.80 bits per heavy atom. The number of carbonyl (C=O) groups excluding carboxylic acids is 1. The molecule has 0 aliphatic carbocycles. The van der Waals surface area contributed by atoms with Gasteiger partial charge in [0.2, 0.25) is 5.91 Å². The number of nitrogens with zero attached hydrogens (tertiary/aromatic N) is 1. The number of phenols is 1. The Labute approximate surface area is 149 Å². The van der Waals surface area contributed by atoms with Gasteiger partial charge in [0, 0.05) is 23.3 Å². The Hall–Kier alpha value is -2.62. The van der Waals surface area contributed by atoms with Crippen molar-refractivity contribution in [2.24, 2.45) is 16.6 Å². The normalized spacial score (nSPS) is 14.0. The third kappa shape index (κ3) is 4.47. The van der Waals surface area contributed by atoms with Crippen molar-refractivity contribution in [2.45, 2.75) is 39.7 Å². The first-order valence-electron chi connectivity index (χ1n) is 8.52. The average Bonchev–Trinajstić information content (AvgIpc) is 2.57. The lowest BCUT2D eigenvalue weighted by Gasteiger charge is -2.17. The minimum absolute atomic E-state index is 0.00316. The first kappa shape index (κ1) is 18.7. The predicted octanol–water partition coefficient (Wildman–Crippen LogP) is 3.78. The van der Waals surface area contributed by atoms with Crippen LogP contribution in [0, 0.1) is 12.8 Å². The van der Waals surface area contributed by atoms with E-state index >= 15 is 0 Å². The van der Waals surface area contributed by atoms with E-state index in [1.54, 1.807) is 6.21 Å². The summed E-state index contributed by atoms with van der Waals surface area (Å²) in [6, 6.07) is 13.3. The Kier molecular flexibility index (Phi) is 5.97. The SMILES string of the molecule is Cc1cc(C=N[C@H](C(N)=O)C(C)C)c(O)c([C@@H](C)c2ccccc2)c1. The van der Waals surface area contributed by atoms with Gasteiger partial charge in [0.1, 0.15) is 11.8 Å². The van der Waals surface area contributed by atoms with Gasteiger partial charge in [-0.2, -0.15) is 0 Å². The van der Waals surface area contributed by atoms with Crippen LogP contribution in [0.1, 0.15) is 48.9 Å². The number of benzene rings is 2. The van der Waals surface area contributed by atoms with Gasteiger partial charge in [-0.25, -0.2) is 0 Å². The van der Waals surface area contributed by atoms with E-state index in [1.165, 1.54) is 0 Å². The number of aromatic hydroxyl groups is 1. The zero-order valence-electron chi connectivity index (χ0n) is 15.2. The number of primary amides is 1. The van der Waals surface area contributed by atoms with Crippen LogP contribution in [-0.4, -0.2) is 23.3 Å². The van der Waals surface area contributed by atoms with Gasteiger partial charge in [0.05, 0.1) is 0 Å². The molecule has 132 valence electrons. The predicted molar refractivity (Wildman–Crippen MR) is 102 cm³/mol. The van der Waals surface area contributed by atoms with E-state index < -0.39 is 11.9 Å². The number of hydrogen-bond acceptors (Lipinski definition) is 3. The van der Waals surface area contributed by atoms with Gasteiger partial charge in [-0.15, -0.1) is 0 Å². The molecule has 4 nitrogen and oxygen atoms in total. The maximum atomic E-state index is 11.5. The van der Waals surface area contributed by atoms with E-state index in [0.717, 1.165) is 16.7 Å². The summed E-state index contributed by atoms with van der Waals surface area (Å²) in [6.45, 7) is 7.83. The van der Waals surface area contributed by atoms with Crippen LogP contribution in [0.4, 0.5) is 0 Å². The van der Waals surface area contributed by atoms with Gasteiger partial charge in [-0.05, 0) is 30.0 Å². The summed E-state index contributed by atoms with van der Waals surface area (Å²) in [5, 5.41) is 10.7. The maximum Gasteiger partial charge on any atom is 0.242 e. The van der Waals surface area contributed by atoms with E-state index in [9.17, 15) is 9.90 Å². The number of rotatable bonds is 6. The van der Waals surface area contributed by atoms with Crippen LogP contribution in [0.15, 0.2) is 47.5 Å². The molecule has 1 amide bonds. The summed E-state index contributed by atoms with van der Waals surface area (Å²) in [4.78, 5) is 15.8. The second-order valence-corrected chi connectivity index (χ2v) is 6.79. The molecule has 2 atom stereocenters. The van der Waals surface area contributed by atoms with Crippen LogP contribution in [0.5, 0.6) is 5.75 Å². The second-order valence-electron chi connectivity index (χ2n) is 6.79. The van der Waals surface area contributed by atoms with Crippen LogP contribution in [0.2, 0.25) is 0 Å². The highest BCUT2D eigenvalue weighted by Gasteiger charge is 2.19. The lowest BCUT2D eigenvalue weighted by Crippen LogP contribution is -2.31. The van der Waals surface area contributed by atoms with Gasteiger partial charge >= 0.3 is 0 Å². The Balaban J connectivity index is 2.41. The molecule has 2 aromatic carbocycles. The van der Waals surface area contributed by atoms with Crippen molar-refractivity contribution in [1.29, 1.82) is 0 Å². The number of nitrogens with two attached hydrogens (primary N) is 1. The van der Waals surface area contributed by atoms with E-state index in [2.05, 4.69) is 11.9 Å². The fourth-order valence-corrected chi connectivity index (χ4v) is 2.92. The number of phenolic OH excluding ortho intramolecular Hbond substituents is 1. The van der Waals surface area contributed by atoms with Crippen LogP contribution >= 0.6 is 0 Å². The summed E-state index contributed by atoms with van der Waals surface area (Å²) in [6.07, 6.45) is 1.55. The van der Waals surface area contributed by atoms with Gasteiger partial charge in [0.15, 0.2) is 0 Å². The Morgan fingerprint density at radius 3 is 2.36 bits per heavy atom. The van der Waals surface area contributed by atoms with Crippen molar-refractivity contribution >= 4 is 12.1 Å².